The molecule has 0 saturated carbocycles. The van der Waals surface area contributed by atoms with Crippen LogP contribution in [-0.4, -0.2) is 33.9 Å². The summed E-state index contributed by atoms with van der Waals surface area (Å²) < 4.78 is 7.22. The summed E-state index contributed by atoms with van der Waals surface area (Å²) in [7, 11) is 0. The summed E-state index contributed by atoms with van der Waals surface area (Å²) in [5.41, 5.74) is 5.79. The third-order valence-electron chi connectivity index (χ3n) is 6.73. The van der Waals surface area contributed by atoms with E-state index in [0.29, 0.717) is 11.6 Å². The molecule has 3 heterocycles. The van der Waals surface area contributed by atoms with E-state index in [2.05, 4.69) is 63.3 Å². The zero-order valence-electron chi connectivity index (χ0n) is 23.0. The quantitative estimate of drug-likeness (QED) is 0.330. The molecule has 1 N–H and O–H groups in total. The monoisotopic (exact) mass is 542 g/mol. The van der Waals surface area contributed by atoms with Gasteiger partial charge >= 0.3 is 0 Å². The van der Waals surface area contributed by atoms with Crippen molar-refractivity contribution in [2.75, 3.05) is 17.2 Å². The van der Waals surface area contributed by atoms with E-state index in [-0.39, 0.29) is 41.3 Å². The molecular formula is C31H34N4O3S. The molecule has 2 aromatic carbocycles. The van der Waals surface area contributed by atoms with E-state index in [9.17, 15) is 9.59 Å². The van der Waals surface area contributed by atoms with Crippen molar-refractivity contribution in [2.45, 2.75) is 51.8 Å². The van der Waals surface area contributed by atoms with Crippen molar-refractivity contribution in [1.82, 2.24) is 15.1 Å². The van der Waals surface area contributed by atoms with Gasteiger partial charge in [0.1, 0.15) is 18.1 Å². The largest absolute Gasteiger partial charge is 0.467 e. The maximum absolute atomic E-state index is 13.8. The number of aryl methyl sites for hydroxylation is 2. The second-order valence-electron chi connectivity index (χ2n) is 11.0. The molecule has 5 rings (SSSR count). The van der Waals surface area contributed by atoms with Gasteiger partial charge in [0.25, 0.3) is 0 Å². The minimum atomic E-state index is -0.303. The minimum Gasteiger partial charge on any atom is -0.467 e. The Bertz CT molecular complexity index is 1500. The molecule has 0 unspecified atom stereocenters. The second-order valence-corrected chi connectivity index (χ2v) is 12.1. The van der Waals surface area contributed by atoms with Gasteiger partial charge < -0.3 is 9.73 Å². The maximum Gasteiger partial charge on any atom is 0.240 e. The number of benzene rings is 2. The highest BCUT2D eigenvalue weighted by Gasteiger charge is 2.40. The number of hydrogen-bond donors (Lipinski definition) is 1. The van der Waals surface area contributed by atoms with Gasteiger partial charge in [-0.05, 0) is 49.2 Å². The molecule has 2 aromatic heterocycles. The van der Waals surface area contributed by atoms with E-state index in [4.69, 9.17) is 9.52 Å². The van der Waals surface area contributed by atoms with Crippen LogP contribution in [0.5, 0.6) is 0 Å². The third-order valence-corrected chi connectivity index (χ3v) is 7.99. The summed E-state index contributed by atoms with van der Waals surface area (Å²) in [6, 6.07) is 20.1. The van der Waals surface area contributed by atoms with Crippen LogP contribution in [0.2, 0.25) is 0 Å². The summed E-state index contributed by atoms with van der Waals surface area (Å²) in [5.74, 6) is 1.16. The zero-order valence-corrected chi connectivity index (χ0v) is 23.8. The highest BCUT2D eigenvalue weighted by atomic mass is 32.2. The number of carbonyl (C=O) groups is 2. The molecule has 2 amide bonds. The molecule has 0 radical (unpaired) electrons. The molecule has 1 atom stereocenters. The molecule has 4 aromatic rings. The van der Waals surface area contributed by atoms with E-state index < -0.39 is 0 Å². The molecule has 0 aliphatic carbocycles. The van der Waals surface area contributed by atoms with Crippen molar-refractivity contribution in [3.63, 3.8) is 0 Å². The summed E-state index contributed by atoms with van der Waals surface area (Å²) in [5, 5.41) is 7.93. The van der Waals surface area contributed by atoms with Gasteiger partial charge in [-0.15, -0.1) is 11.8 Å². The van der Waals surface area contributed by atoms with E-state index in [1.54, 1.807) is 35.1 Å². The fourth-order valence-electron chi connectivity index (χ4n) is 4.91. The van der Waals surface area contributed by atoms with Crippen LogP contribution in [0.3, 0.4) is 0 Å². The SMILES string of the molecule is Cc1cccc([C@@H]2SCC(=O)N(CC(=O)NCc3ccco3)c3c2c(C(C)(C)C)nn3-c2cccc(C)c2)c1. The van der Waals surface area contributed by atoms with E-state index in [1.807, 2.05) is 29.8 Å². The van der Waals surface area contributed by atoms with E-state index in [1.165, 1.54) is 0 Å². The van der Waals surface area contributed by atoms with Crippen molar-refractivity contribution < 1.29 is 14.0 Å². The van der Waals surface area contributed by atoms with Gasteiger partial charge in [-0.25, -0.2) is 4.68 Å². The lowest BCUT2D eigenvalue weighted by Gasteiger charge is -2.24. The van der Waals surface area contributed by atoms with Crippen LogP contribution in [0.15, 0.2) is 71.3 Å². The molecule has 0 spiro atoms. The first-order valence-electron chi connectivity index (χ1n) is 13.1. The van der Waals surface area contributed by atoms with Crippen molar-refractivity contribution in [2.24, 2.45) is 0 Å². The number of amides is 2. The van der Waals surface area contributed by atoms with Gasteiger partial charge in [0, 0.05) is 11.0 Å². The Morgan fingerprint density at radius 1 is 1.08 bits per heavy atom. The fourth-order valence-corrected chi connectivity index (χ4v) is 6.10. The molecule has 1 aliphatic rings. The fraction of sp³-hybridized carbons (Fsp3) is 0.323. The Morgan fingerprint density at radius 2 is 1.82 bits per heavy atom. The van der Waals surface area contributed by atoms with Gasteiger partial charge in [-0.3, -0.25) is 14.5 Å². The van der Waals surface area contributed by atoms with Crippen molar-refractivity contribution in [3.8, 4) is 5.69 Å². The Labute approximate surface area is 233 Å². The van der Waals surface area contributed by atoms with Gasteiger partial charge in [0.2, 0.25) is 11.8 Å². The average molecular weight is 543 g/mol. The minimum absolute atomic E-state index is 0.116. The normalized spacial score (nSPS) is 15.7. The predicted octanol–water partition coefficient (Wildman–Crippen LogP) is 5.87. The van der Waals surface area contributed by atoms with Crippen LogP contribution in [0, 0.1) is 13.8 Å². The zero-order chi connectivity index (χ0) is 27.7. The molecule has 8 heteroatoms. The lowest BCUT2D eigenvalue weighted by atomic mass is 9.87. The predicted molar refractivity (Wildman–Crippen MR) is 155 cm³/mol. The van der Waals surface area contributed by atoms with Crippen LogP contribution < -0.4 is 10.2 Å². The van der Waals surface area contributed by atoms with Crippen molar-refractivity contribution >= 4 is 29.4 Å². The van der Waals surface area contributed by atoms with Gasteiger partial charge in [-0.2, -0.15) is 5.10 Å². The lowest BCUT2D eigenvalue weighted by Crippen LogP contribution is -2.42. The van der Waals surface area contributed by atoms with Crippen LogP contribution in [0.1, 0.15) is 59.7 Å². The van der Waals surface area contributed by atoms with Crippen LogP contribution in [0.4, 0.5) is 5.82 Å². The van der Waals surface area contributed by atoms with Crippen LogP contribution >= 0.6 is 11.8 Å². The Kier molecular flexibility index (Phi) is 7.40. The Morgan fingerprint density at radius 3 is 2.49 bits per heavy atom. The number of nitrogens with one attached hydrogen (secondary N) is 1. The van der Waals surface area contributed by atoms with Gasteiger partial charge in [0.05, 0.1) is 35.2 Å². The number of carbonyl (C=O) groups excluding carboxylic acids is 2. The van der Waals surface area contributed by atoms with Gasteiger partial charge in [0.15, 0.2) is 0 Å². The molecule has 202 valence electrons. The first kappa shape index (κ1) is 26.8. The van der Waals surface area contributed by atoms with Gasteiger partial charge in [-0.1, -0.05) is 62.7 Å². The van der Waals surface area contributed by atoms with Crippen LogP contribution in [-0.2, 0) is 21.5 Å². The Hall–Kier alpha value is -3.78. The molecule has 0 fully saturated rings. The summed E-state index contributed by atoms with van der Waals surface area (Å²) in [4.78, 5) is 28.6. The topological polar surface area (TPSA) is 80.4 Å². The molecule has 0 saturated heterocycles. The van der Waals surface area contributed by atoms with E-state index in [0.717, 1.165) is 33.6 Å². The first-order valence-corrected chi connectivity index (χ1v) is 14.1. The standard InChI is InChI=1S/C31H34N4O3S/c1-20-9-6-11-22(15-20)28-27-29(31(3,4)5)33-35(23-12-7-10-21(2)16-23)30(27)34(26(37)19-39-28)18-25(36)32-17-24-13-8-14-38-24/h6-16,28H,17-19H2,1-5H3,(H,32,36)/t28-/m0/s1. The number of hydrogen-bond acceptors (Lipinski definition) is 5. The molecule has 7 nitrogen and oxygen atoms in total. The number of aromatic nitrogens is 2. The summed E-state index contributed by atoms with van der Waals surface area (Å²) in [6.07, 6.45) is 1.57. The average Bonchev–Trinajstić information content (AvgIpc) is 3.52. The Balaban J connectivity index is 1.68. The number of anilines is 1. The second kappa shape index (κ2) is 10.8. The van der Waals surface area contributed by atoms with Crippen LogP contribution in [0.25, 0.3) is 5.69 Å². The molecule has 39 heavy (non-hydrogen) atoms. The highest BCUT2D eigenvalue weighted by Crippen LogP contribution is 2.48. The lowest BCUT2D eigenvalue weighted by molar-refractivity contribution is -0.123. The number of rotatable bonds is 6. The summed E-state index contributed by atoms with van der Waals surface area (Å²) in [6.45, 7) is 10.7. The molecule has 1 aliphatic heterocycles. The summed E-state index contributed by atoms with van der Waals surface area (Å²) >= 11 is 1.59. The highest BCUT2D eigenvalue weighted by molar-refractivity contribution is 8.00. The van der Waals surface area contributed by atoms with E-state index >= 15 is 0 Å². The molecular weight excluding hydrogens is 508 g/mol. The maximum atomic E-state index is 13.8. The molecule has 0 bridgehead atoms. The van der Waals surface area contributed by atoms with Crippen molar-refractivity contribution in [3.05, 3.63) is 101 Å². The number of nitrogens with zero attached hydrogens (tertiary/aromatic N) is 3. The smallest absolute Gasteiger partial charge is 0.240 e. The first-order chi connectivity index (χ1) is 18.6. The number of furan rings is 1. The van der Waals surface area contributed by atoms with Crippen molar-refractivity contribution in [1.29, 1.82) is 0 Å². The number of thioether (sulfide) groups is 1. The number of fused-ring (bicyclic) bond motifs is 1. The third kappa shape index (κ3) is 5.66.